The molecule has 0 unspecified atom stereocenters. The number of aromatic amines is 1. The average Bonchev–Trinajstić information content (AvgIpc) is 2.66. The quantitative estimate of drug-likeness (QED) is 0.783. The van der Waals surface area contributed by atoms with E-state index in [4.69, 9.17) is 4.74 Å². The Morgan fingerprint density at radius 2 is 1.96 bits per heavy atom. The summed E-state index contributed by atoms with van der Waals surface area (Å²) in [4.78, 5) is 36.0. The van der Waals surface area contributed by atoms with E-state index in [2.05, 4.69) is 29.4 Å². The van der Waals surface area contributed by atoms with E-state index in [0.717, 1.165) is 12.8 Å². The van der Waals surface area contributed by atoms with Gasteiger partial charge in [0.1, 0.15) is 0 Å². The van der Waals surface area contributed by atoms with Crippen LogP contribution in [0.1, 0.15) is 38.8 Å². The van der Waals surface area contributed by atoms with E-state index in [-0.39, 0.29) is 30.5 Å². The SMILES string of the molecule is C[C@H]1[C@@H](NC(=O)COC(=O)Cc2n[nH]c(=O)c3ccccc23)CCC[C@@H]1C. The van der Waals surface area contributed by atoms with Gasteiger partial charge in [0.2, 0.25) is 0 Å². The van der Waals surface area contributed by atoms with Gasteiger partial charge in [0.05, 0.1) is 17.5 Å². The highest BCUT2D eigenvalue weighted by Crippen LogP contribution is 2.29. The Kier molecular flexibility index (Phi) is 5.88. The zero-order chi connectivity index (χ0) is 19.4. The number of benzene rings is 1. The van der Waals surface area contributed by atoms with Crippen molar-refractivity contribution >= 4 is 22.6 Å². The standard InChI is InChI=1S/C20H25N3O4/c1-12-6-5-9-16(13(12)2)21-18(24)11-27-19(25)10-17-14-7-3-4-8-15(14)20(26)23-22-17/h3-4,7-8,12-13,16H,5-6,9-11H2,1-2H3,(H,21,24)(H,23,26)/t12-,13+,16-/m0/s1. The van der Waals surface area contributed by atoms with E-state index in [9.17, 15) is 14.4 Å². The number of nitrogens with one attached hydrogen (secondary N) is 2. The number of carbonyl (C=O) groups excluding carboxylic acids is 2. The molecule has 1 aromatic heterocycles. The number of aromatic nitrogens is 2. The highest BCUT2D eigenvalue weighted by atomic mass is 16.5. The second kappa shape index (κ2) is 8.33. The van der Waals surface area contributed by atoms with Crippen molar-refractivity contribution in [3.05, 3.63) is 40.3 Å². The van der Waals surface area contributed by atoms with Crippen molar-refractivity contribution in [2.24, 2.45) is 11.8 Å². The summed E-state index contributed by atoms with van der Waals surface area (Å²) in [6.45, 7) is 4.04. The Morgan fingerprint density at radius 1 is 1.22 bits per heavy atom. The zero-order valence-corrected chi connectivity index (χ0v) is 15.7. The molecule has 0 bridgehead atoms. The monoisotopic (exact) mass is 371 g/mol. The molecule has 7 heteroatoms. The van der Waals surface area contributed by atoms with Crippen molar-refractivity contribution in [3.63, 3.8) is 0 Å². The summed E-state index contributed by atoms with van der Waals surface area (Å²) in [5, 5.41) is 10.4. The molecule has 3 atom stereocenters. The van der Waals surface area contributed by atoms with Crippen LogP contribution in [0.2, 0.25) is 0 Å². The highest BCUT2D eigenvalue weighted by Gasteiger charge is 2.28. The Labute approximate surface area is 157 Å². The third-order valence-corrected chi connectivity index (χ3v) is 5.50. The first-order valence-corrected chi connectivity index (χ1v) is 9.37. The summed E-state index contributed by atoms with van der Waals surface area (Å²) in [7, 11) is 0. The van der Waals surface area contributed by atoms with Gasteiger partial charge >= 0.3 is 5.97 Å². The Morgan fingerprint density at radius 3 is 2.74 bits per heavy atom. The van der Waals surface area contributed by atoms with Crippen LogP contribution in [-0.4, -0.2) is 34.7 Å². The van der Waals surface area contributed by atoms with Crippen LogP contribution in [0.25, 0.3) is 10.8 Å². The Hall–Kier alpha value is -2.70. The molecule has 0 radical (unpaired) electrons. The molecule has 1 saturated carbocycles. The molecule has 1 amide bonds. The van der Waals surface area contributed by atoms with Gasteiger partial charge in [-0.25, -0.2) is 5.10 Å². The summed E-state index contributed by atoms with van der Waals surface area (Å²) in [6, 6.07) is 7.06. The van der Waals surface area contributed by atoms with Gasteiger partial charge in [-0.3, -0.25) is 14.4 Å². The maximum atomic E-state index is 12.1. The van der Waals surface area contributed by atoms with E-state index in [1.54, 1.807) is 24.3 Å². The van der Waals surface area contributed by atoms with Crippen LogP contribution in [0.5, 0.6) is 0 Å². The van der Waals surface area contributed by atoms with Crippen molar-refractivity contribution in [2.75, 3.05) is 6.61 Å². The van der Waals surface area contributed by atoms with Crippen LogP contribution < -0.4 is 10.9 Å². The maximum absolute atomic E-state index is 12.1. The summed E-state index contributed by atoms with van der Waals surface area (Å²) in [6.07, 6.45) is 3.13. The molecule has 1 aliphatic rings. The molecule has 1 aromatic carbocycles. The van der Waals surface area contributed by atoms with Gasteiger partial charge in [0.25, 0.3) is 11.5 Å². The van der Waals surface area contributed by atoms with Gasteiger partial charge in [-0.05, 0) is 24.3 Å². The maximum Gasteiger partial charge on any atom is 0.312 e. The van der Waals surface area contributed by atoms with Gasteiger partial charge < -0.3 is 10.1 Å². The summed E-state index contributed by atoms with van der Waals surface area (Å²) >= 11 is 0. The van der Waals surface area contributed by atoms with Crippen LogP contribution in [0.4, 0.5) is 0 Å². The summed E-state index contributed by atoms with van der Waals surface area (Å²) in [5.74, 6) is 0.148. The van der Waals surface area contributed by atoms with Crippen LogP contribution in [0.15, 0.2) is 29.1 Å². The van der Waals surface area contributed by atoms with Crippen LogP contribution >= 0.6 is 0 Å². The van der Waals surface area contributed by atoms with Gasteiger partial charge in [0, 0.05) is 11.4 Å². The van der Waals surface area contributed by atoms with Gasteiger partial charge in [-0.1, -0.05) is 44.9 Å². The fraction of sp³-hybridized carbons (Fsp3) is 0.500. The number of esters is 1. The smallest absolute Gasteiger partial charge is 0.312 e. The third-order valence-electron chi connectivity index (χ3n) is 5.50. The first-order chi connectivity index (χ1) is 13.0. The van der Waals surface area contributed by atoms with Crippen LogP contribution in [-0.2, 0) is 20.7 Å². The Balaban J connectivity index is 1.55. The molecule has 1 aliphatic carbocycles. The number of carbonyl (C=O) groups is 2. The van der Waals surface area contributed by atoms with Crippen molar-refractivity contribution < 1.29 is 14.3 Å². The van der Waals surface area contributed by atoms with Gasteiger partial charge in [-0.2, -0.15) is 5.10 Å². The second-order valence-corrected chi connectivity index (χ2v) is 7.32. The molecule has 2 N–H and O–H groups in total. The molecule has 3 rings (SSSR count). The van der Waals surface area contributed by atoms with E-state index < -0.39 is 5.97 Å². The number of amides is 1. The lowest BCUT2D eigenvalue weighted by Gasteiger charge is -2.34. The lowest BCUT2D eigenvalue weighted by molar-refractivity contribution is -0.148. The molecule has 1 fully saturated rings. The van der Waals surface area contributed by atoms with Crippen molar-refractivity contribution in [2.45, 2.75) is 45.6 Å². The predicted octanol–water partition coefficient (Wildman–Crippen LogP) is 1.95. The largest absolute Gasteiger partial charge is 0.455 e. The van der Waals surface area contributed by atoms with E-state index in [1.165, 1.54) is 6.42 Å². The Bertz CT molecular complexity index is 892. The molecular formula is C20H25N3O4. The lowest BCUT2D eigenvalue weighted by atomic mass is 9.78. The summed E-state index contributed by atoms with van der Waals surface area (Å²) in [5.41, 5.74) is 0.114. The number of hydrogen-bond acceptors (Lipinski definition) is 5. The predicted molar refractivity (Wildman–Crippen MR) is 101 cm³/mol. The molecule has 0 spiro atoms. The molecule has 0 aliphatic heterocycles. The molecule has 7 nitrogen and oxygen atoms in total. The highest BCUT2D eigenvalue weighted by molar-refractivity contribution is 5.87. The first kappa shape index (κ1) is 19.1. The van der Waals surface area contributed by atoms with Gasteiger partial charge in [-0.15, -0.1) is 0 Å². The fourth-order valence-electron chi connectivity index (χ4n) is 3.67. The van der Waals surface area contributed by atoms with Crippen LogP contribution in [0, 0.1) is 11.8 Å². The molecule has 144 valence electrons. The molecule has 2 aromatic rings. The molecule has 1 heterocycles. The van der Waals surface area contributed by atoms with E-state index in [1.807, 2.05) is 0 Å². The average molecular weight is 371 g/mol. The van der Waals surface area contributed by atoms with Crippen molar-refractivity contribution in [1.29, 1.82) is 0 Å². The van der Waals surface area contributed by atoms with Crippen LogP contribution in [0.3, 0.4) is 0 Å². The minimum atomic E-state index is -0.556. The topological polar surface area (TPSA) is 101 Å². The number of hydrogen-bond donors (Lipinski definition) is 2. The summed E-state index contributed by atoms with van der Waals surface area (Å²) < 4.78 is 5.11. The van der Waals surface area contributed by atoms with Gasteiger partial charge in [0.15, 0.2) is 6.61 Å². The molecule has 0 saturated heterocycles. The lowest BCUT2D eigenvalue weighted by Crippen LogP contribution is -2.45. The zero-order valence-electron chi connectivity index (χ0n) is 15.7. The first-order valence-electron chi connectivity index (χ1n) is 9.37. The van der Waals surface area contributed by atoms with Crippen molar-refractivity contribution in [3.8, 4) is 0 Å². The number of H-pyrrole nitrogens is 1. The third kappa shape index (κ3) is 4.53. The minimum absolute atomic E-state index is 0.110. The number of rotatable bonds is 5. The van der Waals surface area contributed by atoms with E-state index in [0.29, 0.717) is 28.3 Å². The minimum Gasteiger partial charge on any atom is -0.455 e. The number of nitrogens with zero attached hydrogens (tertiary/aromatic N) is 1. The van der Waals surface area contributed by atoms with Crippen molar-refractivity contribution in [1.82, 2.24) is 15.5 Å². The fourth-order valence-corrected chi connectivity index (χ4v) is 3.67. The second-order valence-electron chi connectivity index (χ2n) is 7.32. The van der Waals surface area contributed by atoms with E-state index >= 15 is 0 Å². The molecular weight excluding hydrogens is 346 g/mol. The molecule has 27 heavy (non-hydrogen) atoms. The normalized spacial score (nSPS) is 22.4. The number of fused-ring (bicyclic) bond motifs is 1. The number of ether oxygens (including phenoxy) is 1.